The van der Waals surface area contributed by atoms with Crippen LogP contribution >= 0.6 is 35.3 Å². The smallest absolute Gasteiger partial charge is 0.266 e. The Morgan fingerprint density at radius 2 is 2.00 bits per heavy atom. The molecule has 2 heterocycles. The molecule has 1 aromatic carbocycles. The Labute approximate surface area is 151 Å². The van der Waals surface area contributed by atoms with Crippen LogP contribution in [-0.4, -0.2) is 28.2 Å². The maximum atomic E-state index is 13.3. The van der Waals surface area contributed by atoms with Gasteiger partial charge in [-0.1, -0.05) is 30.0 Å². The summed E-state index contributed by atoms with van der Waals surface area (Å²) < 4.78 is 26.9. The molecule has 0 aliphatic carbocycles. The van der Waals surface area contributed by atoms with Gasteiger partial charge in [0.05, 0.1) is 4.91 Å². The Balaban J connectivity index is 1.85. The van der Waals surface area contributed by atoms with Gasteiger partial charge in [-0.05, 0) is 40.8 Å². The van der Waals surface area contributed by atoms with Gasteiger partial charge < -0.3 is 5.73 Å². The van der Waals surface area contributed by atoms with E-state index in [0.29, 0.717) is 27.9 Å². The molecule has 0 atom stereocenters. The van der Waals surface area contributed by atoms with E-state index in [1.165, 1.54) is 34.1 Å². The number of nitrogens with zero attached hydrogens (tertiary/aromatic N) is 1. The van der Waals surface area contributed by atoms with Crippen molar-refractivity contribution in [3.8, 4) is 11.1 Å². The Morgan fingerprint density at radius 1 is 1.21 bits per heavy atom. The third kappa shape index (κ3) is 3.41. The number of rotatable bonds is 4. The van der Waals surface area contributed by atoms with E-state index in [1.807, 2.05) is 11.4 Å². The first kappa shape index (κ1) is 17.2. The van der Waals surface area contributed by atoms with Crippen LogP contribution in [0.4, 0.5) is 8.78 Å². The minimum absolute atomic E-state index is 0.154. The van der Waals surface area contributed by atoms with E-state index < -0.39 is 11.6 Å². The van der Waals surface area contributed by atoms with E-state index in [9.17, 15) is 13.6 Å². The lowest BCUT2D eigenvalue weighted by atomic mass is 10.1. The Kier molecular flexibility index (Phi) is 5.09. The van der Waals surface area contributed by atoms with Crippen LogP contribution in [0.3, 0.4) is 0 Å². The second-order valence-electron chi connectivity index (χ2n) is 4.99. The van der Waals surface area contributed by atoms with Gasteiger partial charge in [-0.2, -0.15) is 0 Å². The van der Waals surface area contributed by atoms with Crippen LogP contribution in [0.1, 0.15) is 4.88 Å². The van der Waals surface area contributed by atoms with Gasteiger partial charge in [-0.3, -0.25) is 9.69 Å². The molecule has 3 rings (SSSR count). The van der Waals surface area contributed by atoms with Gasteiger partial charge in [-0.15, -0.1) is 11.3 Å². The van der Waals surface area contributed by atoms with E-state index in [2.05, 4.69) is 0 Å². The fraction of sp³-hybridized carbons (Fsp3) is 0.125. The number of nitrogens with two attached hydrogens (primary N) is 1. The lowest BCUT2D eigenvalue weighted by Crippen LogP contribution is -2.32. The van der Waals surface area contributed by atoms with Crippen LogP contribution in [-0.2, 0) is 4.79 Å². The predicted octanol–water partition coefficient (Wildman–Crippen LogP) is 3.85. The Bertz CT molecular complexity index is 848. The molecular weight excluding hydrogens is 370 g/mol. The summed E-state index contributed by atoms with van der Waals surface area (Å²) in [6, 6.07) is 5.60. The summed E-state index contributed by atoms with van der Waals surface area (Å²) in [7, 11) is 0. The Morgan fingerprint density at radius 3 is 2.71 bits per heavy atom. The number of thiocarbonyl (C=S) groups is 1. The monoisotopic (exact) mass is 382 g/mol. The number of amides is 1. The van der Waals surface area contributed by atoms with Crippen LogP contribution in [0.5, 0.6) is 0 Å². The van der Waals surface area contributed by atoms with Crippen LogP contribution in [0.2, 0.25) is 0 Å². The molecule has 3 nitrogen and oxygen atoms in total. The number of halogens is 2. The van der Waals surface area contributed by atoms with Crippen molar-refractivity contribution < 1.29 is 13.6 Å². The summed E-state index contributed by atoms with van der Waals surface area (Å²) in [6.45, 7) is 0.742. The Hall–Kier alpha value is -1.61. The lowest BCUT2D eigenvalue weighted by Gasteiger charge is -2.11. The second-order valence-corrected chi connectivity index (χ2v) is 7.61. The highest BCUT2D eigenvalue weighted by atomic mass is 32.2. The predicted molar refractivity (Wildman–Crippen MR) is 98.6 cm³/mol. The zero-order chi connectivity index (χ0) is 17.3. The number of carbonyl (C=O) groups is 1. The number of hydrogen-bond acceptors (Lipinski definition) is 5. The van der Waals surface area contributed by atoms with Crippen LogP contribution in [0.15, 0.2) is 34.6 Å². The number of carbonyl (C=O) groups excluding carboxylic acids is 1. The molecule has 2 N–H and O–H groups in total. The largest absolute Gasteiger partial charge is 0.329 e. The molecule has 1 amide bonds. The zero-order valence-electron chi connectivity index (χ0n) is 12.3. The summed E-state index contributed by atoms with van der Waals surface area (Å²) in [4.78, 5) is 15.1. The van der Waals surface area contributed by atoms with Crippen molar-refractivity contribution in [2.75, 3.05) is 13.1 Å². The van der Waals surface area contributed by atoms with E-state index in [4.69, 9.17) is 18.0 Å². The molecule has 1 aliphatic heterocycles. The molecule has 0 saturated carbocycles. The molecule has 1 aliphatic rings. The third-order valence-electron chi connectivity index (χ3n) is 3.37. The highest BCUT2D eigenvalue weighted by Crippen LogP contribution is 2.34. The molecule has 1 fully saturated rings. The molecule has 0 spiro atoms. The molecule has 0 radical (unpaired) electrons. The second kappa shape index (κ2) is 7.10. The van der Waals surface area contributed by atoms with E-state index in [-0.39, 0.29) is 5.91 Å². The van der Waals surface area contributed by atoms with Crippen molar-refractivity contribution in [2.24, 2.45) is 5.73 Å². The highest BCUT2D eigenvalue weighted by molar-refractivity contribution is 8.26. The van der Waals surface area contributed by atoms with Gasteiger partial charge in [0.2, 0.25) is 0 Å². The maximum absolute atomic E-state index is 13.3. The first-order valence-electron chi connectivity index (χ1n) is 6.99. The van der Waals surface area contributed by atoms with Gasteiger partial charge in [-0.25, -0.2) is 8.78 Å². The minimum Gasteiger partial charge on any atom is -0.329 e. The number of thioether (sulfide) groups is 1. The van der Waals surface area contributed by atoms with Crippen molar-refractivity contribution in [3.63, 3.8) is 0 Å². The molecule has 2 aromatic rings. The molecule has 1 aromatic heterocycles. The van der Waals surface area contributed by atoms with Crippen LogP contribution in [0, 0.1) is 11.6 Å². The zero-order valence-corrected chi connectivity index (χ0v) is 14.7. The first-order valence-corrected chi connectivity index (χ1v) is 9.09. The van der Waals surface area contributed by atoms with Crippen molar-refractivity contribution in [1.29, 1.82) is 0 Å². The van der Waals surface area contributed by atoms with E-state index in [1.54, 1.807) is 6.08 Å². The summed E-state index contributed by atoms with van der Waals surface area (Å²) in [5.74, 6) is -1.92. The molecule has 8 heteroatoms. The highest BCUT2D eigenvalue weighted by Gasteiger charge is 2.31. The fourth-order valence-corrected chi connectivity index (χ4v) is 4.43. The number of benzene rings is 1. The quantitative estimate of drug-likeness (QED) is 0.644. The van der Waals surface area contributed by atoms with Crippen molar-refractivity contribution in [1.82, 2.24) is 4.90 Å². The average molecular weight is 382 g/mol. The topological polar surface area (TPSA) is 46.3 Å². The van der Waals surface area contributed by atoms with E-state index >= 15 is 0 Å². The summed E-state index contributed by atoms with van der Waals surface area (Å²) in [5, 5.41) is 1.83. The molecule has 24 heavy (non-hydrogen) atoms. The fourth-order valence-electron chi connectivity index (χ4n) is 2.21. The van der Waals surface area contributed by atoms with Gasteiger partial charge in [0, 0.05) is 18.0 Å². The first-order chi connectivity index (χ1) is 11.5. The van der Waals surface area contributed by atoms with Crippen molar-refractivity contribution >= 4 is 51.6 Å². The summed E-state index contributed by atoms with van der Waals surface area (Å²) in [6.07, 6.45) is 1.75. The molecule has 0 bridgehead atoms. The summed E-state index contributed by atoms with van der Waals surface area (Å²) in [5.41, 5.74) is 6.83. The average Bonchev–Trinajstić information content (AvgIpc) is 3.11. The number of hydrogen-bond donors (Lipinski definition) is 1. The van der Waals surface area contributed by atoms with Gasteiger partial charge in [0.15, 0.2) is 11.6 Å². The van der Waals surface area contributed by atoms with Gasteiger partial charge in [0.25, 0.3) is 5.91 Å². The molecule has 124 valence electrons. The van der Waals surface area contributed by atoms with Gasteiger partial charge >= 0.3 is 0 Å². The van der Waals surface area contributed by atoms with Crippen LogP contribution < -0.4 is 5.73 Å². The van der Waals surface area contributed by atoms with Crippen molar-refractivity contribution in [3.05, 3.63) is 51.1 Å². The van der Waals surface area contributed by atoms with Crippen LogP contribution in [0.25, 0.3) is 17.2 Å². The molecule has 0 unspecified atom stereocenters. The molecular formula is C16H12F2N2OS3. The van der Waals surface area contributed by atoms with E-state index in [0.717, 1.165) is 22.6 Å². The van der Waals surface area contributed by atoms with Crippen molar-refractivity contribution in [2.45, 2.75) is 0 Å². The SMILES string of the molecule is NCCN1C(=O)C(=Cc2cc(-c3ccc(F)c(F)c3)cs2)SC1=S. The minimum atomic E-state index is -0.886. The maximum Gasteiger partial charge on any atom is 0.266 e. The third-order valence-corrected chi connectivity index (χ3v) is 5.63. The normalized spacial score (nSPS) is 16.5. The summed E-state index contributed by atoms with van der Waals surface area (Å²) >= 11 is 7.83. The molecule has 1 saturated heterocycles. The lowest BCUT2D eigenvalue weighted by molar-refractivity contribution is -0.122. The van der Waals surface area contributed by atoms with Gasteiger partial charge in [0.1, 0.15) is 4.32 Å². The standard InChI is InChI=1S/C16H12F2N2OS3/c17-12-2-1-9(6-13(12)18)10-5-11(23-8-10)7-14-15(21)20(4-3-19)16(22)24-14/h1-2,5-8H,3-4,19H2. The number of thiophene rings is 1.